The monoisotopic (exact) mass is 382 g/mol. The van der Waals surface area contributed by atoms with Gasteiger partial charge in [-0.1, -0.05) is 41.4 Å². The fraction of sp³-hybridized carbons (Fsp3) is 0.368. The molecule has 2 aromatic carbocycles. The summed E-state index contributed by atoms with van der Waals surface area (Å²) >= 11 is 12.6. The van der Waals surface area contributed by atoms with Crippen LogP contribution in [0.5, 0.6) is 11.5 Å². The second-order valence-electron chi connectivity index (χ2n) is 5.97. The topological polar surface area (TPSA) is 33.7 Å². The molecular formula is C19H24Cl2N2O2. The van der Waals surface area contributed by atoms with Gasteiger partial charge in [-0.25, -0.2) is 0 Å². The number of methoxy groups -OCH3 is 1. The van der Waals surface area contributed by atoms with Gasteiger partial charge in [-0.3, -0.25) is 0 Å². The third kappa shape index (κ3) is 6.08. The molecule has 2 rings (SSSR count). The number of hydrogen-bond donors (Lipinski definition) is 1. The molecule has 0 atom stereocenters. The van der Waals surface area contributed by atoms with Crippen LogP contribution >= 0.6 is 23.2 Å². The smallest absolute Gasteiger partial charge is 0.180 e. The molecule has 25 heavy (non-hydrogen) atoms. The van der Waals surface area contributed by atoms with Gasteiger partial charge in [0.2, 0.25) is 0 Å². The first-order valence-electron chi connectivity index (χ1n) is 8.09. The molecule has 0 fully saturated rings. The molecule has 2 aromatic rings. The first kappa shape index (κ1) is 19.9. The van der Waals surface area contributed by atoms with Crippen molar-refractivity contribution < 1.29 is 9.47 Å². The van der Waals surface area contributed by atoms with Gasteiger partial charge >= 0.3 is 0 Å². The maximum Gasteiger partial charge on any atom is 0.180 e. The Labute approximate surface area is 159 Å². The van der Waals surface area contributed by atoms with Crippen LogP contribution in [0.3, 0.4) is 0 Å². The molecule has 0 aliphatic heterocycles. The fourth-order valence-corrected chi connectivity index (χ4v) is 2.79. The summed E-state index contributed by atoms with van der Waals surface area (Å²) < 4.78 is 11.3. The maximum atomic E-state index is 6.41. The third-order valence-corrected chi connectivity index (χ3v) is 4.33. The quantitative estimate of drug-likeness (QED) is 0.657. The summed E-state index contributed by atoms with van der Waals surface area (Å²) in [6, 6.07) is 11.4. The van der Waals surface area contributed by atoms with E-state index in [1.54, 1.807) is 7.11 Å². The molecule has 0 unspecified atom stereocenters. The summed E-state index contributed by atoms with van der Waals surface area (Å²) in [5.74, 6) is 1.14. The average molecular weight is 383 g/mol. The summed E-state index contributed by atoms with van der Waals surface area (Å²) in [4.78, 5) is 2.13. The Morgan fingerprint density at radius 3 is 2.52 bits per heavy atom. The van der Waals surface area contributed by atoms with Crippen molar-refractivity contribution in [2.45, 2.75) is 13.2 Å². The van der Waals surface area contributed by atoms with Crippen LogP contribution in [0.1, 0.15) is 11.1 Å². The highest BCUT2D eigenvalue weighted by molar-refractivity contribution is 6.32. The van der Waals surface area contributed by atoms with E-state index in [0.717, 1.165) is 24.2 Å². The molecule has 0 amide bonds. The molecule has 1 N–H and O–H groups in total. The molecule has 4 nitrogen and oxygen atoms in total. The van der Waals surface area contributed by atoms with Gasteiger partial charge < -0.3 is 19.7 Å². The molecule has 0 bridgehead atoms. The molecule has 0 aliphatic rings. The predicted molar refractivity (Wildman–Crippen MR) is 104 cm³/mol. The molecule has 136 valence electrons. The first-order chi connectivity index (χ1) is 12.0. The lowest BCUT2D eigenvalue weighted by atomic mass is 10.2. The van der Waals surface area contributed by atoms with Crippen molar-refractivity contribution in [2.24, 2.45) is 0 Å². The number of hydrogen-bond acceptors (Lipinski definition) is 4. The van der Waals surface area contributed by atoms with Crippen LogP contribution < -0.4 is 14.8 Å². The van der Waals surface area contributed by atoms with Crippen LogP contribution in [0.15, 0.2) is 36.4 Å². The average Bonchev–Trinajstić information content (AvgIpc) is 2.58. The summed E-state index contributed by atoms with van der Waals surface area (Å²) in [5.41, 5.74) is 1.95. The van der Waals surface area contributed by atoms with Gasteiger partial charge in [-0.05, 0) is 37.9 Å². The van der Waals surface area contributed by atoms with E-state index in [-0.39, 0.29) is 0 Å². The number of nitrogens with zero attached hydrogens (tertiary/aromatic N) is 1. The second-order valence-corrected chi connectivity index (χ2v) is 6.78. The van der Waals surface area contributed by atoms with E-state index in [4.69, 9.17) is 32.7 Å². The van der Waals surface area contributed by atoms with E-state index in [2.05, 4.69) is 10.2 Å². The van der Waals surface area contributed by atoms with Crippen LogP contribution in [0, 0.1) is 0 Å². The van der Waals surface area contributed by atoms with Crippen molar-refractivity contribution in [3.05, 3.63) is 57.6 Å². The van der Waals surface area contributed by atoms with Crippen molar-refractivity contribution in [2.75, 3.05) is 34.3 Å². The van der Waals surface area contributed by atoms with E-state index in [1.165, 1.54) is 0 Å². The summed E-state index contributed by atoms with van der Waals surface area (Å²) in [6.07, 6.45) is 0. The molecule has 6 heteroatoms. The lowest BCUT2D eigenvalue weighted by Gasteiger charge is -2.15. The van der Waals surface area contributed by atoms with Gasteiger partial charge in [0.15, 0.2) is 11.5 Å². The lowest BCUT2D eigenvalue weighted by Crippen LogP contribution is -2.26. The molecule has 0 aliphatic carbocycles. The van der Waals surface area contributed by atoms with Crippen LogP contribution in [-0.4, -0.2) is 39.2 Å². The number of likely N-dealkylation sites (N-methyl/N-ethyl adjacent to an activating group) is 1. The van der Waals surface area contributed by atoms with E-state index in [0.29, 0.717) is 34.7 Å². The van der Waals surface area contributed by atoms with Gasteiger partial charge in [0.1, 0.15) is 6.61 Å². The van der Waals surface area contributed by atoms with E-state index in [9.17, 15) is 0 Å². The van der Waals surface area contributed by atoms with Crippen LogP contribution in [0.4, 0.5) is 0 Å². The third-order valence-electron chi connectivity index (χ3n) is 3.68. The summed E-state index contributed by atoms with van der Waals surface area (Å²) in [5, 5.41) is 4.57. The van der Waals surface area contributed by atoms with Gasteiger partial charge in [0, 0.05) is 30.2 Å². The molecular weight excluding hydrogens is 359 g/mol. The number of rotatable bonds is 9. The summed E-state index contributed by atoms with van der Waals surface area (Å²) in [6.45, 7) is 2.92. The summed E-state index contributed by atoms with van der Waals surface area (Å²) in [7, 11) is 5.71. The zero-order valence-corrected chi connectivity index (χ0v) is 16.3. The number of benzene rings is 2. The predicted octanol–water partition coefficient (Wildman–Crippen LogP) is 4.23. The number of halogens is 2. The highest BCUT2D eigenvalue weighted by Gasteiger charge is 2.13. The van der Waals surface area contributed by atoms with Crippen molar-refractivity contribution in [3.8, 4) is 11.5 Å². The zero-order valence-electron chi connectivity index (χ0n) is 14.8. The first-order valence-corrected chi connectivity index (χ1v) is 8.85. The Kier molecular flexibility index (Phi) is 7.85. The number of nitrogens with one attached hydrogen (secondary N) is 1. The largest absolute Gasteiger partial charge is 0.493 e. The van der Waals surface area contributed by atoms with E-state index >= 15 is 0 Å². The number of ether oxygens (including phenoxy) is 2. The Morgan fingerprint density at radius 2 is 1.84 bits per heavy atom. The van der Waals surface area contributed by atoms with Gasteiger partial charge in [-0.15, -0.1) is 0 Å². The van der Waals surface area contributed by atoms with Gasteiger partial charge in [-0.2, -0.15) is 0 Å². The van der Waals surface area contributed by atoms with Crippen LogP contribution in [0.2, 0.25) is 10.0 Å². The Morgan fingerprint density at radius 1 is 1.08 bits per heavy atom. The SMILES string of the molecule is COc1cc(CNCCN(C)C)cc(Cl)c1OCc1ccccc1Cl. The Bertz CT molecular complexity index is 693. The lowest BCUT2D eigenvalue weighted by molar-refractivity contribution is 0.284. The van der Waals surface area contributed by atoms with Crippen molar-refractivity contribution in [3.63, 3.8) is 0 Å². The van der Waals surface area contributed by atoms with Crippen LogP contribution in [0.25, 0.3) is 0 Å². The van der Waals surface area contributed by atoms with Crippen molar-refractivity contribution in [1.82, 2.24) is 10.2 Å². The van der Waals surface area contributed by atoms with E-state index < -0.39 is 0 Å². The Balaban J connectivity index is 2.04. The molecule has 0 saturated carbocycles. The van der Waals surface area contributed by atoms with Crippen molar-refractivity contribution >= 4 is 23.2 Å². The van der Waals surface area contributed by atoms with E-state index in [1.807, 2.05) is 50.5 Å². The molecule has 0 aromatic heterocycles. The molecule has 0 radical (unpaired) electrons. The second kappa shape index (κ2) is 9.88. The molecule has 0 saturated heterocycles. The minimum atomic E-state index is 0.330. The minimum absolute atomic E-state index is 0.330. The standard InChI is InChI=1S/C19H24Cl2N2O2/c1-23(2)9-8-22-12-14-10-17(21)19(18(11-14)24-3)25-13-15-6-4-5-7-16(15)20/h4-7,10-11,22H,8-9,12-13H2,1-3H3. The van der Waals surface area contributed by atoms with Gasteiger partial charge in [0.05, 0.1) is 12.1 Å². The molecule has 0 heterocycles. The maximum absolute atomic E-state index is 6.41. The van der Waals surface area contributed by atoms with Crippen molar-refractivity contribution in [1.29, 1.82) is 0 Å². The fourth-order valence-electron chi connectivity index (χ4n) is 2.32. The highest BCUT2D eigenvalue weighted by atomic mass is 35.5. The minimum Gasteiger partial charge on any atom is -0.493 e. The zero-order chi connectivity index (χ0) is 18.2. The van der Waals surface area contributed by atoms with Crippen LogP contribution in [-0.2, 0) is 13.2 Å². The van der Waals surface area contributed by atoms with Gasteiger partial charge in [0.25, 0.3) is 0 Å². The highest BCUT2D eigenvalue weighted by Crippen LogP contribution is 2.37. The Hall–Kier alpha value is -1.46. The normalized spacial score (nSPS) is 11.0. The molecule has 0 spiro atoms.